The van der Waals surface area contributed by atoms with Crippen molar-refractivity contribution >= 4 is 11.8 Å². The molecule has 0 aromatic rings. The number of nitrogens with zero attached hydrogens (tertiary/aromatic N) is 2. The summed E-state index contributed by atoms with van der Waals surface area (Å²) in [6.07, 6.45) is 57.9. The van der Waals surface area contributed by atoms with Crippen molar-refractivity contribution in [2.45, 2.75) is 297 Å². The van der Waals surface area contributed by atoms with Crippen molar-refractivity contribution < 1.29 is 18.6 Å². The molecule has 13 heteroatoms. The second-order valence-corrected chi connectivity index (χ2v) is 27.4. The van der Waals surface area contributed by atoms with Crippen molar-refractivity contribution in [3.8, 4) is 0 Å². The first kappa shape index (κ1) is 84.1. The van der Waals surface area contributed by atoms with Crippen molar-refractivity contribution in [3.05, 3.63) is 24.3 Å². The van der Waals surface area contributed by atoms with Gasteiger partial charge < -0.3 is 58.1 Å². The molecule has 13 nitrogen and oxygen atoms in total. The zero-order valence-corrected chi connectivity index (χ0v) is 58.7. The third-order valence-electron chi connectivity index (χ3n) is 18.0. The van der Waals surface area contributed by atoms with Crippen LogP contribution in [0.25, 0.3) is 0 Å². The van der Waals surface area contributed by atoms with Crippen LogP contribution in [-0.2, 0) is 9.59 Å². The average Bonchev–Trinajstić information content (AvgIpc) is 3.67. The number of amides is 2. The number of quaternary nitrogens is 2. The summed E-state index contributed by atoms with van der Waals surface area (Å²) >= 11 is 0. The first-order valence-corrected chi connectivity index (χ1v) is 37.4. The number of carbonyl (C=O) groups is 2. The highest BCUT2D eigenvalue weighted by Gasteiger charge is 2.29. The molecule has 6 unspecified atom stereocenters. The highest BCUT2D eigenvalue weighted by Crippen LogP contribution is 2.20. The zero-order chi connectivity index (χ0) is 63.1. The van der Waals surface area contributed by atoms with Gasteiger partial charge in [-0.05, 0) is 187 Å². The maximum Gasteiger partial charge on any atom is 0.237 e. The van der Waals surface area contributed by atoms with Crippen LogP contribution in [0.15, 0.2) is 24.3 Å². The van der Waals surface area contributed by atoms with Crippen molar-refractivity contribution in [1.29, 1.82) is 0 Å². The van der Waals surface area contributed by atoms with Gasteiger partial charge >= 0.3 is 0 Å². The molecule has 0 aliphatic carbocycles. The van der Waals surface area contributed by atoms with Crippen LogP contribution in [0.3, 0.4) is 0 Å². The summed E-state index contributed by atoms with van der Waals surface area (Å²) in [7, 11) is 5.03. The Balaban J connectivity index is 5.90. The predicted octanol–water partition coefficient (Wildman–Crippen LogP) is 13.7. The highest BCUT2D eigenvalue weighted by molar-refractivity contribution is 5.82. The van der Waals surface area contributed by atoms with Gasteiger partial charge in [-0.1, -0.05) is 168 Å². The van der Waals surface area contributed by atoms with Crippen molar-refractivity contribution in [3.63, 3.8) is 0 Å². The number of unbranched alkanes of at least 4 members (excludes halogenated alkanes) is 26. The summed E-state index contributed by atoms with van der Waals surface area (Å²) in [4.78, 5) is 27.6. The van der Waals surface area contributed by atoms with Crippen LogP contribution in [0.2, 0.25) is 0 Å². The molecule has 0 aliphatic rings. The third kappa shape index (κ3) is 54.9. The molecule has 0 fully saturated rings. The molecule has 2 amide bonds. The molecule has 86 heavy (non-hydrogen) atoms. The molecule has 0 radical (unpaired) electrons. The Bertz CT molecular complexity index is 1400. The van der Waals surface area contributed by atoms with E-state index in [9.17, 15) is 9.59 Å². The number of hydrogen-bond donors (Lipinski definition) is 9. The van der Waals surface area contributed by atoms with E-state index in [1.165, 1.54) is 219 Å². The summed E-state index contributed by atoms with van der Waals surface area (Å²) in [5.41, 5.74) is 17.3. The molecule has 0 aromatic heterocycles. The van der Waals surface area contributed by atoms with E-state index in [0.29, 0.717) is 38.0 Å². The lowest BCUT2D eigenvalue weighted by Crippen LogP contribution is -2.52. The van der Waals surface area contributed by atoms with Crippen LogP contribution in [0.1, 0.15) is 285 Å². The molecule has 0 saturated carbocycles. The molecule has 0 saturated heterocycles. The summed E-state index contributed by atoms with van der Waals surface area (Å²) in [6, 6.07) is -0.357. The van der Waals surface area contributed by atoms with E-state index in [4.69, 9.17) is 17.2 Å². The first-order valence-electron chi connectivity index (χ1n) is 37.4. The lowest BCUT2D eigenvalue weighted by molar-refractivity contribution is -0.918. The monoisotopic (exact) mass is 1220 g/mol. The van der Waals surface area contributed by atoms with Crippen LogP contribution in [0.4, 0.5) is 0 Å². The van der Waals surface area contributed by atoms with E-state index >= 15 is 0 Å². The number of carbonyl (C=O) groups excluding carboxylic acids is 2. The fourth-order valence-electron chi connectivity index (χ4n) is 12.5. The van der Waals surface area contributed by atoms with Gasteiger partial charge in [-0.2, -0.15) is 0 Å². The van der Waals surface area contributed by atoms with Crippen LogP contribution >= 0.6 is 0 Å². The Morgan fingerprint density at radius 3 is 0.977 bits per heavy atom. The Morgan fingerprint density at radius 2 is 0.640 bits per heavy atom. The molecule has 0 heterocycles. The molecule has 510 valence electrons. The Hall–Kier alpha value is -1.94. The maximum atomic E-state index is 13.8. The van der Waals surface area contributed by atoms with Gasteiger partial charge in [0.15, 0.2) is 0 Å². The summed E-state index contributed by atoms with van der Waals surface area (Å²) in [5.74, 6) is 1.02. The number of allylic oxidation sites excluding steroid dienone is 4. The molecular formula is C73H153N11O2+2. The van der Waals surface area contributed by atoms with Gasteiger partial charge in [-0.25, -0.2) is 0 Å². The number of nitrogens with one attached hydrogen (secondary N) is 6. The van der Waals surface area contributed by atoms with Crippen molar-refractivity contribution in [2.24, 2.45) is 29.0 Å². The van der Waals surface area contributed by atoms with Gasteiger partial charge in [0.05, 0.1) is 65.4 Å². The Kier molecular flexibility index (Phi) is 61.8. The van der Waals surface area contributed by atoms with Gasteiger partial charge in [0, 0.05) is 37.8 Å². The van der Waals surface area contributed by atoms with E-state index in [1.54, 1.807) is 0 Å². The molecular weight excluding hydrogens is 1060 g/mol. The average molecular weight is 1220 g/mol. The maximum absolute atomic E-state index is 13.8. The minimum absolute atomic E-state index is 0.122. The highest BCUT2D eigenvalue weighted by atomic mass is 16.2. The largest absolute Gasteiger partial charge is 0.354 e. The summed E-state index contributed by atoms with van der Waals surface area (Å²) < 4.78 is 2.13. The first-order chi connectivity index (χ1) is 41.9. The van der Waals surface area contributed by atoms with Gasteiger partial charge in [0.2, 0.25) is 11.8 Å². The fraction of sp³-hybridized carbons (Fsp3) is 0.918. The van der Waals surface area contributed by atoms with E-state index in [-0.39, 0.29) is 23.9 Å². The minimum atomic E-state index is -0.204. The molecule has 0 bridgehead atoms. The predicted molar refractivity (Wildman–Crippen MR) is 378 cm³/mol. The normalized spacial score (nSPS) is 14.9. The van der Waals surface area contributed by atoms with Crippen LogP contribution in [0.5, 0.6) is 0 Å². The van der Waals surface area contributed by atoms with E-state index in [0.717, 1.165) is 126 Å². The SMILES string of the molecule is CCCCCCCC/C=C\CCCCCCCC[N+](C)(CCCC[N+](C)(CCCCCCCC/C=C\CCCCCCCC)CC(C)CNC(=O)C(CCCNCCCN)NCCCN)CC(C)CNC(=O)C(CCCNCCCN)NCCCC. The number of hydrogen-bond acceptors (Lipinski definition) is 9. The van der Waals surface area contributed by atoms with Crippen molar-refractivity contribution in [1.82, 2.24) is 31.9 Å². The second-order valence-electron chi connectivity index (χ2n) is 27.4. The fourth-order valence-corrected chi connectivity index (χ4v) is 12.5. The lowest BCUT2D eigenvalue weighted by atomic mass is 10.0. The Morgan fingerprint density at radius 1 is 0.360 bits per heavy atom. The summed E-state index contributed by atoms with van der Waals surface area (Å²) in [5, 5.41) is 20.9. The van der Waals surface area contributed by atoms with Crippen molar-refractivity contribution in [2.75, 3.05) is 125 Å². The van der Waals surface area contributed by atoms with Crippen LogP contribution in [-0.4, -0.2) is 158 Å². The number of nitrogens with two attached hydrogens (primary N) is 3. The summed E-state index contributed by atoms with van der Waals surface area (Å²) in [6.45, 7) is 27.1. The van der Waals surface area contributed by atoms with Gasteiger partial charge in [0.1, 0.15) is 0 Å². The Labute approximate surface area is 535 Å². The quantitative estimate of drug-likeness (QED) is 0.0162. The molecule has 0 aliphatic heterocycles. The van der Waals surface area contributed by atoms with Gasteiger partial charge in [-0.3, -0.25) is 9.59 Å². The molecule has 0 aromatic carbocycles. The second kappa shape index (κ2) is 63.2. The number of rotatable bonds is 69. The van der Waals surface area contributed by atoms with E-state index in [1.807, 2.05) is 0 Å². The lowest BCUT2D eigenvalue weighted by Gasteiger charge is -2.39. The van der Waals surface area contributed by atoms with Gasteiger partial charge in [0.25, 0.3) is 0 Å². The third-order valence-corrected chi connectivity index (χ3v) is 18.0. The van der Waals surface area contributed by atoms with Gasteiger partial charge in [-0.15, -0.1) is 0 Å². The van der Waals surface area contributed by atoms with Crippen LogP contribution in [0, 0.1) is 11.8 Å². The molecule has 0 rings (SSSR count). The smallest absolute Gasteiger partial charge is 0.237 e. The minimum Gasteiger partial charge on any atom is -0.354 e. The molecule has 0 spiro atoms. The van der Waals surface area contributed by atoms with E-state index < -0.39 is 0 Å². The topological polar surface area (TPSA) is 184 Å². The van der Waals surface area contributed by atoms with Crippen LogP contribution < -0.4 is 49.1 Å². The van der Waals surface area contributed by atoms with E-state index in [2.05, 4.69) is 105 Å². The molecule has 12 N–H and O–H groups in total. The zero-order valence-electron chi connectivity index (χ0n) is 58.7. The standard InChI is InChI=1S/C73H151N11O2/c1-8-11-14-16-18-20-22-24-26-28-30-32-34-36-38-40-60-83(6,66-68(4)64-81-72(85)70(79-58-13-10-3)49-44-54-77-56-46-51-74)62-42-43-63-84(7,61-41-39-37-35-33-31-29-27-25-23-21-19-17-15-12-9-2)67-69(5)65-82-73(86)71(80-59-48-53-76)50-45-55-78-57-47-52-75/h24-27,68-71,77-80H,8-23,28-67,74-76H2,1-7H3/p+2/b26-24-,27-25-. The molecule has 6 atom stereocenters.